The number of pyridine rings is 4. The molecule has 648 valence electrons. The Kier molecular flexibility index (Phi) is 15.3. The van der Waals surface area contributed by atoms with Crippen LogP contribution in [0.3, 0.4) is 0 Å². The summed E-state index contributed by atoms with van der Waals surface area (Å²) in [5, 5.41) is 45.2. The average molecular weight is 1850 g/mol. The first-order valence-corrected chi connectivity index (χ1v) is 50.7. The second-order valence-corrected chi connectivity index (χ2v) is 41.7. The lowest BCUT2D eigenvalue weighted by Crippen LogP contribution is -1.90. The molecule has 0 amide bonds. The van der Waals surface area contributed by atoms with E-state index in [9.17, 15) is 0 Å². The topological polar surface area (TPSA) is 70.2 Å². The second kappa shape index (κ2) is 28.2. The van der Waals surface area contributed by atoms with Crippen LogP contribution >= 0.6 is 45.3 Å². The fraction of sp³-hybridized carbons (Fsp3) is 0. The molecule has 0 aliphatic carbocycles. The van der Waals surface area contributed by atoms with E-state index < -0.39 is 0 Å². The zero-order valence-electron chi connectivity index (χ0n) is 74.3. The quantitative estimate of drug-likeness (QED) is 0.142. The molecule has 36 rings (SSSR count). The first kappa shape index (κ1) is 75.9. The minimum atomic E-state index is 0.930. The maximum absolute atomic E-state index is 6.54. The maximum Gasteiger partial charge on any atom is 0.160 e. The van der Waals surface area contributed by atoms with Crippen LogP contribution in [0.4, 0.5) is 0 Å². The molecular formula is C128H68N4O4S4. The van der Waals surface area contributed by atoms with Crippen LogP contribution in [-0.4, -0.2) is 17.6 Å². The number of thiophene rings is 4. The Balaban J connectivity index is 0.0000000829. The third-order valence-electron chi connectivity index (χ3n) is 30.2. The van der Waals surface area contributed by atoms with E-state index in [1.165, 1.54) is 259 Å². The van der Waals surface area contributed by atoms with Gasteiger partial charge in [-0.2, -0.15) is 0 Å². The lowest BCUT2D eigenvalue weighted by atomic mass is 9.98. The molecule has 0 aliphatic rings. The highest BCUT2D eigenvalue weighted by atomic mass is 32.1. The van der Waals surface area contributed by atoms with Gasteiger partial charge in [-0.05, 0) is 137 Å². The summed E-state index contributed by atoms with van der Waals surface area (Å²) in [4.78, 5) is 0. The van der Waals surface area contributed by atoms with Gasteiger partial charge in [0.1, 0.15) is 39.1 Å². The third-order valence-corrected chi connectivity index (χ3v) is 34.9. The number of aromatic nitrogens is 4. The largest absolute Gasteiger partial charge is 0.456 e. The molecule has 0 bridgehead atoms. The smallest absolute Gasteiger partial charge is 0.160 e. The van der Waals surface area contributed by atoms with Crippen LogP contribution in [0.1, 0.15) is 0 Å². The Labute approximate surface area is 807 Å². The van der Waals surface area contributed by atoms with Gasteiger partial charge in [-0.1, -0.05) is 273 Å². The SMILES string of the molecule is c1ccc2c(c1)cn1c2c2cc3c(cc2c2ccc4c5ccccc5oc4c21)sc1ccccc13.c1ccc2c(c1)cn1c2c2cc3oc4ccccc4c3cc2c2ccc3c4ccccc4sc3c21.c1ccc2c(c1)cn1c3c(ccc4c5ccccc5sc43)c3ccc4oc5ccccc5c4c3c21.c1ccc2c(c1)cn1c3cc4sc5ccccc5c4cc3c3cc4c(cc3c21)oc1ccccc14. The average Bonchev–Trinajstić information content (AvgIpc) is 1.64. The van der Waals surface area contributed by atoms with E-state index in [0.29, 0.717) is 0 Å². The molecule has 16 heterocycles. The highest BCUT2D eigenvalue weighted by Crippen LogP contribution is 2.53. The zero-order chi connectivity index (χ0) is 90.7. The molecule has 16 aromatic heterocycles. The summed E-state index contributed by atoms with van der Waals surface area (Å²) in [5.41, 5.74) is 17.4. The Morgan fingerprint density at radius 1 is 0.150 bits per heavy atom. The molecule has 8 nitrogen and oxygen atoms in total. The predicted octanol–water partition coefficient (Wildman–Crippen LogP) is 38.7. The number of para-hydroxylation sites is 4. The van der Waals surface area contributed by atoms with E-state index in [2.05, 4.69) is 406 Å². The summed E-state index contributed by atoms with van der Waals surface area (Å²) in [6.45, 7) is 0. The molecule has 0 aliphatic heterocycles. The number of benzene rings is 20. The lowest BCUT2D eigenvalue weighted by molar-refractivity contribution is 0.669. The molecule has 20 aromatic carbocycles. The molecule has 0 atom stereocenters. The van der Waals surface area contributed by atoms with E-state index >= 15 is 0 Å². The van der Waals surface area contributed by atoms with Crippen molar-refractivity contribution in [2.75, 3.05) is 0 Å². The molecule has 0 unspecified atom stereocenters. The van der Waals surface area contributed by atoms with Crippen LogP contribution in [0.25, 0.3) is 320 Å². The van der Waals surface area contributed by atoms with Gasteiger partial charge in [0, 0.05) is 225 Å². The summed E-state index contributed by atoms with van der Waals surface area (Å²) in [6, 6.07) is 140. The molecule has 0 saturated carbocycles. The van der Waals surface area contributed by atoms with E-state index in [1.54, 1.807) is 0 Å². The standard InChI is InChI=1S/4C32H17NOS/c1-2-8-19-18(7-1)17-33-30(19)29-21(15-16-26-28(29)24-10-3-5-11-25(24)34-26)22-13-14-23-20-9-4-6-12-27(20)35-32(23)31(22)33;1-2-8-19-18(7-1)17-33-27-16-31-25(21-10-4-6-12-30(21)35-31)14-23(27)22-13-24-20-9-3-5-11-28(20)34-29(24)15-26(22)32(19)33;1-2-8-19-18(7-1)17-33-30(19)26-16-28-25(20-9-3-5-11-27(20)34-28)15-24(26)22-13-14-23-21-10-4-6-12-29(21)35-32(23)31(22)33;1-2-8-19-18(7-1)17-33-30(19)26-15-25-21-10-4-6-12-28(21)35-29(25)16-24(26)22-13-14-23-20-9-3-5-11-27(20)34-32(23)31(22)33/h4*1-17H. The van der Waals surface area contributed by atoms with Crippen molar-refractivity contribution in [1.29, 1.82) is 0 Å². The van der Waals surface area contributed by atoms with Crippen LogP contribution in [0.2, 0.25) is 0 Å². The van der Waals surface area contributed by atoms with Crippen molar-refractivity contribution in [3.63, 3.8) is 0 Å². The van der Waals surface area contributed by atoms with Gasteiger partial charge in [0.25, 0.3) is 0 Å². The van der Waals surface area contributed by atoms with Crippen LogP contribution in [0.5, 0.6) is 0 Å². The van der Waals surface area contributed by atoms with Gasteiger partial charge in [0.15, 0.2) is 5.58 Å². The predicted molar refractivity (Wildman–Crippen MR) is 600 cm³/mol. The van der Waals surface area contributed by atoms with Crippen LogP contribution in [0, 0.1) is 0 Å². The minimum Gasteiger partial charge on any atom is -0.456 e. The second-order valence-electron chi connectivity index (χ2n) is 37.4. The van der Waals surface area contributed by atoms with E-state index in [0.717, 1.165) is 61.0 Å². The molecule has 0 radical (unpaired) electrons. The number of rotatable bonds is 0. The fourth-order valence-corrected chi connectivity index (χ4v) is 28.9. The summed E-state index contributed by atoms with van der Waals surface area (Å²) in [5.74, 6) is 0. The Bertz CT molecular complexity index is 11900. The maximum atomic E-state index is 6.54. The van der Waals surface area contributed by atoms with Crippen molar-refractivity contribution < 1.29 is 17.7 Å². The first-order valence-electron chi connectivity index (χ1n) is 47.4. The van der Waals surface area contributed by atoms with Gasteiger partial charge in [-0.15, -0.1) is 45.3 Å². The molecule has 0 spiro atoms. The number of nitrogens with zero attached hydrogens (tertiary/aromatic N) is 4. The van der Waals surface area contributed by atoms with Crippen molar-refractivity contribution >= 4 is 366 Å². The highest BCUT2D eigenvalue weighted by Gasteiger charge is 2.27. The summed E-state index contributed by atoms with van der Waals surface area (Å²) >= 11 is 7.53. The van der Waals surface area contributed by atoms with E-state index in [4.69, 9.17) is 17.7 Å². The van der Waals surface area contributed by atoms with Gasteiger partial charge >= 0.3 is 0 Å². The number of fused-ring (bicyclic) bond motifs is 60. The Morgan fingerprint density at radius 2 is 0.479 bits per heavy atom. The van der Waals surface area contributed by atoms with Gasteiger partial charge in [-0.25, -0.2) is 0 Å². The molecule has 140 heavy (non-hydrogen) atoms. The number of hydrogen-bond acceptors (Lipinski definition) is 8. The van der Waals surface area contributed by atoms with E-state index in [-0.39, 0.29) is 0 Å². The van der Waals surface area contributed by atoms with Crippen LogP contribution < -0.4 is 0 Å². The van der Waals surface area contributed by atoms with Gasteiger partial charge in [0.05, 0.1) is 53.5 Å². The highest BCUT2D eigenvalue weighted by molar-refractivity contribution is 7.27. The fourth-order valence-electron chi connectivity index (χ4n) is 24.2. The molecule has 0 saturated heterocycles. The van der Waals surface area contributed by atoms with Gasteiger partial charge in [0.2, 0.25) is 0 Å². The summed E-state index contributed by atoms with van der Waals surface area (Å²) in [6.07, 6.45) is 9.18. The Morgan fingerprint density at radius 3 is 1.01 bits per heavy atom. The normalized spacial score (nSPS) is 12.6. The van der Waals surface area contributed by atoms with Crippen LogP contribution in [-0.2, 0) is 0 Å². The molecule has 0 N–H and O–H groups in total. The molecule has 36 aromatic rings. The lowest BCUT2D eigenvalue weighted by Gasteiger charge is -2.12. The number of furan rings is 4. The molecular weight excluding hydrogens is 1790 g/mol. The number of hydrogen-bond donors (Lipinski definition) is 0. The van der Waals surface area contributed by atoms with Crippen molar-refractivity contribution in [2.24, 2.45) is 0 Å². The van der Waals surface area contributed by atoms with Crippen LogP contribution in [0.15, 0.2) is 431 Å². The van der Waals surface area contributed by atoms with Gasteiger partial charge in [-0.3, -0.25) is 0 Å². The van der Waals surface area contributed by atoms with Gasteiger partial charge < -0.3 is 35.3 Å². The first-order chi connectivity index (χ1) is 69.4. The minimum absolute atomic E-state index is 0.930. The van der Waals surface area contributed by atoms with Crippen molar-refractivity contribution in [3.05, 3.63) is 413 Å². The third kappa shape index (κ3) is 10.4. The van der Waals surface area contributed by atoms with E-state index in [1.807, 2.05) is 69.6 Å². The van der Waals surface area contributed by atoms with Crippen molar-refractivity contribution in [1.82, 2.24) is 17.6 Å². The van der Waals surface area contributed by atoms with Crippen molar-refractivity contribution in [2.45, 2.75) is 0 Å². The molecule has 12 heteroatoms. The molecule has 0 fully saturated rings. The summed E-state index contributed by atoms with van der Waals surface area (Å²) in [7, 11) is 0. The summed E-state index contributed by atoms with van der Waals surface area (Å²) < 4.78 is 45.8. The Hall–Kier alpha value is -17.4. The zero-order valence-corrected chi connectivity index (χ0v) is 77.6. The van der Waals surface area contributed by atoms with Crippen molar-refractivity contribution in [3.8, 4) is 0 Å². The monoisotopic (exact) mass is 1850 g/mol.